The van der Waals surface area contributed by atoms with Crippen LogP contribution < -0.4 is 5.32 Å². The molecular weight excluding hydrogens is 230 g/mol. The Morgan fingerprint density at radius 2 is 1.89 bits per heavy atom. The van der Waals surface area contributed by atoms with Crippen LogP contribution in [0.15, 0.2) is 42.5 Å². The van der Waals surface area contributed by atoms with Crippen molar-refractivity contribution in [2.45, 2.75) is 44.2 Å². The molecule has 2 fully saturated rings. The van der Waals surface area contributed by atoms with E-state index >= 15 is 0 Å². The highest BCUT2D eigenvalue weighted by atomic mass is 15.0. The van der Waals surface area contributed by atoms with Gasteiger partial charge in [-0.25, -0.2) is 0 Å². The minimum Gasteiger partial charge on any atom is -0.311 e. The molecule has 0 amide bonds. The van der Waals surface area contributed by atoms with Gasteiger partial charge in [0.25, 0.3) is 0 Å². The first kappa shape index (κ1) is 11.7. The summed E-state index contributed by atoms with van der Waals surface area (Å²) in [6.45, 7) is 2.40. The van der Waals surface area contributed by atoms with Crippen molar-refractivity contribution in [2.75, 3.05) is 0 Å². The number of nitrogens with one attached hydrogen (secondary N) is 1. The van der Waals surface area contributed by atoms with Gasteiger partial charge in [-0.2, -0.15) is 0 Å². The topological polar surface area (TPSA) is 12.0 Å². The van der Waals surface area contributed by atoms with Crippen molar-refractivity contribution in [3.05, 3.63) is 48.0 Å². The minimum absolute atomic E-state index is 0.679. The van der Waals surface area contributed by atoms with Crippen molar-refractivity contribution in [3.63, 3.8) is 0 Å². The molecule has 6 atom stereocenters. The van der Waals surface area contributed by atoms with E-state index in [-0.39, 0.29) is 0 Å². The molecular formula is C18H23N. The predicted octanol–water partition coefficient (Wildman–Crippen LogP) is 3.73. The summed E-state index contributed by atoms with van der Waals surface area (Å²) in [5, 5.41) is 3.90. The van der Waals surface area contributed by atoms with Crippen LogP contribution in [0.1, 0.15) is 37.7 Å². The van der Waals surface area contributed by atoms with Crippen LogP contribution in [0.25, 0.3) is 0 Å². The molecule has 0 radical (unpaired) electrons. The van der Waals surface area contributed by atoms with Crippen molar-refractivity contribution in [1.82, 2.24) is 5.32 Å². The SMILES string of the molecule is CC(NC1CC1c1ccccc1)C1CC2C=CC1C2. The number of allylic oxidation sites excluding steroid dienone is 2. The summed E-state index contributed by atoms with van der Waals surface area (Å²) in [5.74, 6) is 3.40. The molecule has 1 heteroatoms. The van der Waals surface area contributed by atoms with Crippen molar-refractivity contribution in [3.8, 4) is 0 Å². The molecule has 1 aromatic rings. The molecule has 0 aliphatic heterocycles. The quantitative estimate of drug-likeness (QED) is 0.806. The molecule has 3 aliphatic rings. The van der Waals surface area contributed by atoms with Crippen LogP contribution in [-0.2, 0) is 0 Å². The summed E-state index contributed by atoms with van der Waals surface area (Å²) in [7, 11) is 0. The monoisotopic (exact) mass is 253 g/mol. The third kappa shape index (κ3) is 2.14. The number of benzene rings is 1. The van der Waals surface area contributed by atoms with E-state index in [1.54, 1.807) is 0 Å². The summed E-state index contributed by atoms with van der Waals surface area (Å²) in [5.41, 5.74) is 1.51. The molecule has 1 aromatic carbocycles. The van der Waals surface area contributed by atoms with Gasteiger partial charge >= 0.3 is 0 Å². The summed E-state index contributed by atoms with van der Waals surface area (Å²) < 4.78 is 0. The van der Waals surface area contributed by atoms with Gasteiger partial charge < -0.3 is 5.32 Å². The van der Waals surface area contributed by atoms with Crippen LogP contribution in [0, 0.1) is 17.8 Å². The summed E-state index contributed by atoms with van der Waals surface area (Å²) >= 11 is 0. The normalized spacial score (nSPS) is 40.6. The second-order valence-corrected chi connectivity index (χ2v) is 6.76. The zero-order chi connectivity index (χ0) is 12.8. The highest BCUT2D eigenvalue weighted by Gasteiger charge is 2.43. The maximum Gasteiger partial charge on any atom is 0.0145 e. The van der Waals surface area contributed by atoms with Crippen LogP contribution in [0.4, 0.5) is 0 Å². The van der Waals surface area contributed by atoms with Gasteiger partial charge in [0.1, 0.15) is 0 Å². The molecule has 2 bridgehead atoms. The van der Waals surface area contributed by atoms with Crippen molar-refractivity contribution >= 4 is 0 Å². The first-order valence-corrected chi connectivity index (χ1v) is 7.80. The van der Waals surface area contributed by atoms with E-state index in [2.05, 4.69) is 54.7 Å². The fraction of sp³-hybridized carbons (Fsp3) is 0.556. The number of hydrogen-bond acceptors (Lipinski definition) is 1. The Bertz CT molecular complexity index is 478. The Kier molecular flexibility index (Phi) is 2.77. The van der Waals surface area contributed by atoms with Crippen LogP contribution in [0.3, 0.4) is 0 Å². The maximum atomic E-state index is 3.90. The molecule has 100 valence electrons. The molecule has 0 spiro atoms. The lowest BCUT2D eigenvalue weighted by Crippen LogP contribution is -2.37. The molecule has 6 unspecified atom stereocenters. The van der Waals surface area contributed by atoms with Crippen LogP contribution in [0.5, 0.6) is 0 Å². The summed E-state index contributed by atoms with van der Waals surface area (Å²) in [6.07, 6.45) is 9.07. The van der Waals surface area contributed by atoms with Crippen molar-refractivity contribution < 1.29 is 0 Å². The second kappa shape index (κ2) is 4.49. The van der Waals surface area contributed by atoms with Gasteiger partial charge in [0.05, 0.1) is 0 Å². The van der Waals surface area contributed by atoms with E-state index in [1.807, 2.05) is 0 Å². The van der Waals surface area contributed by atoms with E-state index in [9.17, 15) is 0 Å². The largest absolute Gasteiger partial charge is 0.311 e. The van der Waals surface area contributed by atoms with Gasteiger partial charge in [-0.05, 0) is 49.5 Å². The molecule has 4 rings (SSSR count). The molecule has 19 heavy (non-hydrogen) atoms. The Labute approximate surface area is 116 Å². The fourth-order valence-corrected chi connectivity index (χ4v) is 4.31. The molecule has 3 aliphatic carbocycles. The Morgan fingerprint density at radius 3 is 2.58 bits per heavy atom. The average molecular weight is 253 g/mol. The van der Waals surface area contributed by atoms with Gasteiger partial charge in [-0.1, -0.05) is 42.5 Å². The first-order valence-electron chi connectivity index (χ1n) is 7.80. The zero-order valence-electron chi connectivity index (χ0n) is 11.6. The number of rotatable bonds is 4. The molecule has 0 saturated heterocycles. The standard InChI is InChI=1S/C18H23N/c1-12(16-10-13-7-8-15(16)9-13)19-18-11-17(18)14-5-3-2-4-6-14/h2-8,12-13,15-19H,9-11H2,1H3. The van der Waals surface area contributed by atoms with Crippen molar-refractivity contribution in [1.29, 1.82) is 0 Å². The first-order chi connectivity index (χ1) is 9.31. The molecule has 0 aromatic heterocycles. The number of hydrogen-bond donors (Lipinski definition) is 1. The minimum atomic E-state index is 0.679. The lowest BCUT2D eigenvalue weighted by molar-refractivity contribution is 0.324. The fourth-order valence-electron chi connectivity index (χ4n) is 4.31. The highest BCUT2D eigenvalue weighted by molar-refractivity contribution is 5.28. The van der Waals surface area contributed by atoms with E-state index < -0.39 is 0 Å². The van der Waals surface area contributed by atoms with Gasteiger partial charge in [-0.15, -0.1) is 0 Å². The molecule has 1 nitrogen and oxygen atoms in total. The third-order valence-corrected chi connectivity index (χ3v) is 5.47. The summed E-state index contributed by atoms with van der Waals surface area (Å²) in [4.78, 5) is 0. The van der Waals surface area contributed by atoms with Crippen LogP contribution >= 0.6 is 0 Å². The van der Waals surface area contributed by atoms with E-state index in [0.29, 0.717) is 6.04 Å². The Morgan fingerprint density at radius 1 is 1.05 bits per heavy atom. The van der Waals surface area contributed by atoms with Gasteiger partial charge in [0, 0.05) is 18.0 Å². The summed E-state index contributed by atoms with van der Waals surface area (Å²) in [6, 6.07) is 12.4. The van der Waals surface area contributed by atoms with Gasteiger partial charge in [0.2, 0.25) is 0 Å². The molecule has 1 N–H and O–H groups in total. The van der Waals surface area contributed by atoms with Gasteiger partial charge in [-0.3, -0.25) is 0 Å². The second-order valence-electron chi connectivity index (χ2n) is 6.76. The lowest BCUT2D eigenvalue weighted by Gasteiger charge is -2.26. The third-order valence-electron chi connectivity index (χ3n) is 5.47. The lowest BCUT2D eigenvalue weighted by atomic mass is 9.87. The molecule has 0 heterocycles. The molecule has 2 saturated carbocycles. The van der Waals surface area contributed by atoms with E-state index in [1.165, 1.54) is 24.8 Å². The van der Waals surface area contributed by atoms with Crippen molar-refractivity contribution in [2.24, 2.45) is 17.8 Å². The van der Waals surface area contributed by atoms with Crippen LogP contribution in [-0.4, -0.2) is 12.1 Å². The smallest absolute Gasteiger partial charge is 0.0145 e. The highest BCUT2D eigenvalue weighted by Crippen LogP contribution is 2.46. The zero-order valence-corrected chi connectivity index (χ0v) is 11.6. The predicted molar refractivity (Wildman–Crippen MR) is 79.0 cm³/mol. The van der Waals surface area contributed by atoms with Crippen LogP contribution in [0.2, 0.25) is 0 Å². The Hall–Kier alpha value is -1.08. The van der Waals surface area contributed by atoms with E-state index in [4.69, 9.17) is 0 Å². The van der Waals surface area contributed by atoms with Gasteiger partial charge in [0.15, 0.2) is 0 Å². The number of fused-ring (bicyclic) bond motifs is 2. The maximum absolute atomic E-state index is 3.90. The Balaban J connectivity index is 1.35. The van der Waals surface area contributed by atoms with E-state index in [0.717, 1.165) is 29.7 Å². The average Bonchev–Trinajstić information content (AvgIpc) is 2.89.